The summed E-state index contributed by atoms with van der Waals surface area (Å²) in [5, 5.41) is 3.72. The van der Waals surface area contributed by atoms with E-state index in [2.05, 4.69) is 24.6 Å². The summed E-state index contributed by atoms with van der Waals surface area (Å²) in [5.41, 5.74) is 0. The standard InChI is InChI=1S/C15H25NOS/c1-3-13(14-8-7-11-17-14)16-12-15(18-2)9-5-4-6-10-15/h7-8,11,13,16H,3-6,9-10,12H2,1-2H3. The van der Waals surface area contributed by atoms with Crippen LogP contribution in [0.5, 0.6) is 0 Å². The minimum Gasteiger partial charge on any atom is -0.468 e. The van der Waals surface area contributed by atoms with Crippen LogP contribution in [0.1, 0.15) is 57.3 Å². The van der Waals surface area contributed by atoms with Gasteiger partial charge in [-0.1, -0.05) is 26.2 Å². The van der Waals surface area contributed by atoms with Crippen LogP contribution in [0.4, 0.5) is 0 Å². The van der Waals surface area contributed by atoms with E-state index in [1.807, 2.05) is 17.8 Å². The molecule has 2 nitrogen and oxygen atoms in total. The van der Waals surface area contributed by atoms with Crippen LogP contribution in [0.2, 0.25) is 0 Å². The first-order valence-electron chi connectivity index (χ1n) is 7.11. The number of nitrogens with one attached hydrogen (secondary N) is 1. The third-order valence-corrected chi connectivity index (χ3v) is 5.58. The van der Waals surface area contributed by atoms with Crippen LogP contribution in [0, 0.1) is 0 Å². The summed E-state index contributed by atoms with van der Waals surface area (Å²) in [5.74, 6) is 1.07. The van der Waals surface area contributed by atoms with Gasteiger partial charge >= 0.3 is 0 Å². The van der Waals surface area contributed by atoms with Crippen molar-refractivity contribution in [2.24, 2.45) is 0 Å². The normalized spacial score (nSPS) is 20.8. The molecule has 0 bridgehead atoms. The second kappa shape index (κ2) is 6.67. The first-order valence-corrected chi connectivity index (χ1v) is 8.34. The fourth-order valence-electron chi connectivity index (χ4n) is 2.89. The number of hydrogen-bond donors (Lipinski definition) is 1. The summed E-state index contributed by atoms with van der Waals surface area (Å²) < 4.78 is 5.98. The molecule has 1 unspecified atom stereocenters. The van der Waals surface area contributed by atoms with Gasteiger partial charge in [0.2, 0.25) is 0 Å². The van der Waals surface area contributed by atoms with E-state index < -0.39 is 0 Å². The molecule has 1 fully saturated rings. The second-order valence-corrected chi connectivity index (χ2v) is 6.58. The lowest BCUT2D eigenvalue weighted by atomic mass is 9.88. The van der Waals surface area contributed by atoms with Gasteiger partial charge in [-0.05, 0) is 37.7 Å². The summed E-state index contributed by atoms with van der Waals surface area (Å²) in [4.78, 5) is 0. The minimum atomic E-state index is 0.367. The van der Waals surface area contributed by atoms with E-state index in [0.29, 0.717) is 10.8 Å². The van der Waals surface area contributed by atoms with Crippen molar-refractivity contribution in [2.45, 2.75) is 56.2 Å². The molecule has 0 aliphatic heterocycles. The number of furan rings is 1. The predicted molar refractivity (Wildman–Crippen MR) is 79.1 cm³/mol. The van der Waals surface area contributed by atoms with Crippen LogP contribution in [-0.4, -0.2) is 17.5 Å². The molecule has 1 atom stereocenters. The maximum Gasteiger partial charge on any atom is 0.120 e. The van der Waals surface area contributed by atoms with Crippen molar-refractivity contribution in [3.63, 3.8) is 0 Å². The molecular weight excluding hydrogens is 242 g/mol. The van der Waals surface area contributed by atoms with Crippen molar-refractivity contribution < 1.29 is 4.42 Å². The van der Waals surface area contributed by atoms with Gasteiger partial charge in [-0.2, -0.15) is 11.8 Å². The molecule has 0 radical (unpaired) electrons. The van der Waals surface area contributed by atoms with Crippen LogP contribution in [0.3, 0.4) is 0 Å². The molecule has 0 amide bonds. The molecule has 1 saturated carbocycles. The molecule has 0 spiro atoms. The highest BCUT2D eigenvalue weighted by Crippen LogP contribution is 2.38. The Labute approximate surface area is 115 Å². The zero-order valence-electron chi connectivity index (χ0n) is 11.6. The van der Waals surface area contributed by atoms with Crippen LogP contribution >= 0.6 is 11.8 Å². The predicted octanol–water partition coefficient (Wildman–Crippen LogP) is 4.39. The zero-order valence-corrected chi connectivity index (χ0v) is 12.4. The highest BCUT2D eigenvalue weighted by molar-refractivity contribution is 8.00. The lowest BCUT2D eigenvalue weighted by Crippen LogP contribution is -2.40. The summed E-state index contributed by atoms with van der Waals surface area (Å²) in [6, 6.07) is 4.42. The Morgan fingerprint density at radius 3 is 2.72 bits per heavy atom. The molecule has 1 N–H and O–H groups in total. The van der Waals surface area contributed by atoms with Crippen molar-refractivity contribution in [3.05, 3.63) is 24.2 Å². The average Bonchev–Trinajstić information content (AvgIpc) is 2.95. The first-order chi connectivity index (χ1) is 8.79. The number of rotatable bonds is 6. The highest BCUT2D eigenvalue weighted by Gasteiger charge is 2.31. The summed E-state index contributed by atoms with van der Waals surface area (Å²) in [7, 11) is 0. The molecule has 3 heteroatoms. The summed E-state index contributed by atoms with van der Waals surface area (Å²) in [6.07, 6.45) is 12.0. The molecule has 1 heterocycles. The molecular formula is C15H25NOS. The third kappa shape index (κ3) is 3.33. The number of hydrogen-bond acceptors (Lipinski definition) is 3. The first kappa shape index (κ1) is 14.0. The Kier molecular flexibility index (Phi) is 5.19. The van der Waals surface area contributed by atoms with Crippen LogP contribution < -0.4 is 5.32 Å². The van der Waals surface area contributed by atoms with E-state index in [4.69, 9.17) is 4.42 Å². The average molecular weight is 267 g/mol. The van der Waals surface area contributed by atoms with Crippen molar-refractivity contribution >= 4 is 11.8 Å². The zero-order chi connectivity index (χ0) is 12.8. The Morgan fingerprint density at radius 1 is 1.39 bits per heavy atom. The van der Waals surface area contributed by atoms with Crippen molar-refractivity contribution in [1.82, 2.24) is 5.32 Å². The molecule has 1 aromatic rings. The number of thioether (sulfide) groups is 1. The minimum absolute atomic E-state index is 0.367. The fraction of sp³-hybridized carbons (Fsp3) is 0.733. The Hall–Kier alpha value is -0.410. The van der Waals surface area contributed by atoms with Crippen LogP contribution in [0.25, 0.3) is 0 Å². The maximum atomic E-state index is 5.52. The SMILES string of the molecule is CCC(NCC1(SC)CCCCC1)c1ccco1. The van der Waals surface area contributed by atoms with E-state index in [9.17, 15) is 0 Å². The van der Waals surface area contributed by atoms with Crippen molar-refractivity contribution in [1.29, 1.82) is 0 Å². The maximum absolute atomic E-state index is 5.52. The topological polar surface area (TPSA) is 25.2 Å². The quantitative estimate of drug-likeness (QED) is 0.827. The largest absolute Gasteiger partial charge is 0.468 e. The monoisotopic (exact) mass is 267 g/mol. The van der Waals surface area contributed by atoms with Gasteiger partial charge in [-0.15, -0.1) is 0 Å². The van der Waals surface area contributed by atoms with Gasteiger partial charge < -0.3 is 9.73 Å². The molecule has 0 saturated heterocycles. The van der Waals surface area contributed by atoms with Gasteiger partial charge in [-0.3, -0.25) is 0 Å². The molecule has 102 valence electrons. The summed E-state index contributed by atoms with van der Waals surface area (Å²) >= 11 is 2.05. The van der Waals surface area contributed by atoms with Gasteiger partial charge in [0, 0.05) is 11.3 Å². The highest BCUT2D eigenvalue weighted by atomic mass is 32.2. The third-order valence-electron chi connectivity index (χ3n) is 4.16. The Balaban J connectivity index is 1.92. The van der Waals surface area contributed by atoms with Crippen molar-refractivity contribution in [2.75, 3.05) is 12.8 Å². The van der Waals surface area contributed by atoms with E-state index in [1.54, 1.807) is 6.26 Å². The summed E-state index contributed by atoms with van der Waals surface area (Å²) in [6.45, 7) is 3.32. The lowest BCUT2D eigenvalue weighted by molar-refractivity contribution is 0.339. The van der Waals surface area contributed by atoms with Gasteiger partial charge in [0.25, 0.3) is 0 Å². The molecule has 1 aliphatic rings. The Morgan fingerprint density at radius 2 is 2.17 bits per heavy atom. The van der Waals surface area contributed by atoms with Gasteiger partial charge in [0.05, 0.1) is 12.3 Å². The fourth-order valence-corrected chi connectivity index (χ4v) is 3.82. The lowest BCUT2D eigenvalue weighted by Gasteiger charge is -2.37. The van der Waals surface area contributed by atoms with E-state index in [1.165, 1.54) is 32.1 Å². The van der Waals surface area contributed by atoms with Crippen LogP contribution in [-0.2, 0) is 0 Å². The molecule has 0 aromatic carbocycles. The molecule has 18 heavy (non-hydrogen) atoms. The molecule has 1 aromatic heterocycles. The van der Waals surface area contributed by atoms with E-state index in [-0.39, 0.29) is 0 Å². The van der Waals surface area contributed by atoms with Crippen LogP contribution in [0.15, 0.2) is 22.8 Å². The van der Waals surface area contributed by atoms with Gasteiger partial charge in [0.15, 0.2) is 0 Å². The van der Waals surface area contributed by atoms with Gasteiger partial charge in [0.1, 0.15) is 5.76 Å². The van der Waals surface area contributed by atoms with E-state index >= 15 is 0 Å². The van der Waals surface area contributed by atoms with Gasteiger partial charge in [-0.25, -0.2) is 0 Å². The smallest absolute Gasteiger partial charge is 0.120 e. The van der Waals surface area contributed by atoms with Crippen molar-refractivity contribution in [3.8, 4) is 0 Å². The van der Waals surface area contributed by atoms with E-state index in [0.717, 1.165) is 18.7 Å². The Bertz CT molecular complexity index is 330. The second-order valence-electron chi connectivity index (χ2n) is 5.30. The molecule has 1 aliphatic carbocycles. The molecule has 2 rings (SSSR count).